The van der Waals surface area contributed by atoms with Crippen LogP contribution in [0.2, 0.25) is 0 Å². The summed E-state index contributed by atoms with van der Waals surface area (Å²) in [5.41, 5.74) is 1.94. The molecule has 26 heavy (non-hydrogen) atoms. The van der Waals surface area contributed by atoms with Gasteiger partial charge in [0.2, 0.25) is 0 Å². The second-order valence-electron chi connectivity index (χ2n) is 6.76. The topological polar surface area (TPSA) is 47.2 Å². The van der Waals surface area contributed by atoms with Gasteiger partial charge in [0.25, 0.3) is 5.91 Å². The highest BCUT2D eigenvalue weighted by Crippen LogP contribution is 2.14. The van der Waals surface area contributed by atoms with Crippen LogP contribution in [0.4, 0.5) is 10.1 Å². The van der Waals surface area contributed by atoms with Gasteiger partial charge >= 0.3 is 0 Å². The summed E-state index contributed by atoms with van der Waals surface area (Å²) in [5, 5.41) is 2.94. The van der Waals surface area contributed by atoms with E-state index in [9.17, 15) is 9.18 Å². The molecule has 1 aliphatic heterocycles. The molecular formula is C20H26FN3O2+2. The average Bonchev–Trinajstić information content (AvgIpc) is 2.66. The van der Waals surface area contributed by atoms with Crippen molar-refractivity contribution in [3.05, 3.63) is 59.9 Å². The van der Waals surface area contributed by atoms with Crippen LogP contribution in [0.15, 0.2) is 48.5 Å². The first-order valence-corrected chi connectivity index (χ1v) is 8.98. The Hall–Kier alpha value is -2.44. The smallest absolute Gasteiger partial charge is 0.279 e. The SMILES string of the molecule is COc1ccc(NC(=O)C[NH+]2CC[NH+](Cc3ccc(F)cc3)CC2)cc1. The number of hydrogen-bond acceptors (Lipinski definition) is 2. The summed E-state index contributed by atoms with van der Waals surface area (Å²) in [6, 6.07) is 14.1. The van der Waals surface area contributed by atoms with E-state index in [0.717, 1.165) is 49.7 Å². The number of benzene rings is 2. The fourth-order valence-electron chi connectivity index (χ4n) is 3.31. The van der Waals surface area contributed by atoms with Gasteiger partial charge in [-0.1, -0.05) is 12.1 Å². The Kier molecular flexibility index (Phi) is 6.20. The number of methoxy groups -OCH3 is 1. The summed E-state index contributed by atoms with van der Waals surface area (Å²) in [6.07, 6.45) is 0. The number of carbonyl (C=O) groups is 1. The predicted molar refractivity (Wildman–Crippen MR) is 98.0 cm³/mol. The number of piperazine rings is 1. The van der Waals surface area contributed by atoms with Gasteiger partial charge in [0, 0.05) is 11.3 Å². The molecule has 0 radical (unpaired) electrons. The van der Waals surface area contributed by atoms with Gasteiger partial charge in [0.15, 0.2) is 6.54 Å². The first-order valence-electron chi connectivity index (χ1n) is 8.98. The molecule has 0 atom stereocenters. The summed E-state index contributed by atoms with van der Waals surface area (Å²) >= 11 is 0. The van der Waals surface area contributed by atoms with E-state index in [-0.39, 0.29) is 11.7 Å². The lowest BCUT2D eigenvalue weighted by Crippen LogP contribution is -3.28. The molecule has 3 N–H and O–H groups in total. The second kappa shape index (κ2) is 8.78. The van der Waals surface area contributed by atoms with Gasteiger partial charge in [-0.05, 0) is 36.4 Å². The molecule has 3 rings (SSSR count). The number of anilines is 1. The third-order valence-corrected chi connectivity index (χ3v) is 4.82. The molecule has 0 saturated carbocycles. The normalized spacial score (nSPS) is 19.8. The van der Waals surface area contributed by atoms with Gasteiger partial charge in [-0.15, -0.1) is 0 Å². The van der Waals surface area contributed by atoms with Crippen LogP contribution in [-0.2, 0) is 11.3 Å². The van der Waals surface area contributed by atoms with Crippen molar-refractivity contribution in [1.29, 1.82) is 0 Å². The van der Waals surface area contributed by atoms with Crippen LogP contribution in [0, 0.1) is 5.82 Å². The molecular weight excluding hydrogens is 333 g/mol. The molecule has 1 heterocycles. The number of ether oxygens (including phenoxy) is 1. The van der Waals surface area contributed by atoms with Crippen molar-refractivity contribution < 1.29 is 23.7 Å². The van der Waals surface area contributed by atoms with E-state index in [2.05, 4.69) is 5.32 Å². The minimum atomic E-state index is -0.194. The molecule has 1 fully saturated rings. The molecule has 1 saturated heterocycles. The van der Waals surface area contributed by atoms with Crippen molar-refractivity contribution in [3.8, 4) is 5.75 Å². The number of halogens is 1. The maximum Gasteiger partial charge on any atom is 0.279 e. The third kappa shape index (κ3) is 5.28. The van der Waals surface area contributed by atoms with Gasteiger partial charge in [0.1, 0.15) is 44.3 Å². The second-order valence-corrected chi connectivity index (χ2v) is 6.76. The Labute approximate surface area is 153 Å². The number of amides is 1. The van der Waals surface area contributed by atoms with Crippen LogP contribution in [0.25, 0.3) is 0 Å². The number of quaternary nitrogens is 2. The third-order valence-electron chi connectivity index (χ3n) is 4.82. The Morgan fingerprint density at radius 3 is 2.23 bits per heavy atom. The fraction of sp³-hybridized carbons (Fsp3) is 0.350. The van der Waals surface area contributed by atoms with Crippen molar-refractivity contribution in [1.82, 2.24) is 0 Å². The molecule has 5 nitrogen and oxygen atoms in total. The van der Waals surface area contributed by atoms with Crippen molar-refractivity contribution >= 4 is 11.6 Å². The van der Waals surface area contributed by atoms with Gasteiger partial charge < -0.3 is 19.9 Å². The molecule has 0 bridgehead atoms. The minimum absolute atomic E-state index is 0.0344. The standard InChI is InChI=1S/C20H24FN3O2/c1-26-19-8-6-18(7-9-19)22-20(25)15-24-12-10-23(11-13-24)14-16-2-4-17(21)5-3-16/h2-9H,10-15H2,1H3,(H,22,25)/p+2. The van der Waals surface area contributed by atoms with Crippen molar-refractivity contribution in [2.24, 2.45) is 0 Å². The van der Waals surface area contributed by atoms with Crippen LogP contribution >= 0.6 is 0 Å². The first-order chi connectivity index (χ1) is 12.6. The lowest BCUT2D eigenvalue weighted by molar-refractivity contribution is -1.02. The molecule has 138 valence electrons. The highest BCUT2D eigenvalue weighted by atomic mass is 19.1. The van der Waals surface area contributed by atoms with Crippen LogP contribution in [-0.4, -0.2) is 45.7 Å². The number of carbonyl (C=O) groups excluding carboxylic acids is 1. The average molecular weight is 359 g/mol. The lowest BCUT2D eigenvalue weighted by atomic mass is 10.2. The Morgan fingerprint density at radius 2 is 1.62 bits per heavy atom. The van der Waals surface area contributed by atoms with E-state index >= 15 is 0 Å². The fourth-order valence-corrected chi connectivity index (χ4v) is 3.31. The van der Waals surface area contributed by atoms with Gasteiger partial charge in [-0.3, -0.25) is 4.79 Å². The molecule has 0 unspecified atom stereocenters. The van der Waals surface area contributed by atoms with E-state index in [1.165, 1.54) is 21.9 Å². The Morgan fingerprint density at radius 1 is 1.00 bits per heavy atom. The monoisotopic (exact) mass is 359 g/mol. The molecule has 2 aromatic carbocycles. The largest absolute Gasteiger partial charge is 0.497 e. The quantitative estimate of drug-likeness (QED) is 0.667. The van der Waals surface area contributed by atoms with Crippen molar-refractivity contribution in [3.63, 3.8) is 0 Å². The van der Waals surface area contributed by atoms with Crippen LogP contribution in [0.3, 0.4) is 0 Å². The van der Waals surface area contributed by atoms with Crippen molar-refractivity contribution in [2.45, 2.75) is 6.54 Å². The van der Waals surface area contributed by atoms with Gasteiger partial charge in [0.05, 0.1) is 7.11 Å². The zero-order valence-corrected chi connectivity index (χ0v) is 15.1. The molecule has 6 heteroatoms. The van der Waals surface area contributed by atoms with Crippen LogP contribution in [0.1, 0.15) is 5.56 Å². The summed E-state index contributed by atoms with van der Waals surface area (Å²) < 4.78 is 18.1. The maximum absolute atomic E-state index is 13.0. The number of nitrogens with one attached hydrogen (secondary N) is 3. The zero-order valence-electron chi connectivity index (χ0n) is 15.1. The summed E-state index contributed by atoms with van der Waals surface area (Å²) in [5.74, 6) is 0.613. The molecule has 0 spiro atoms. The Bertz CT molecular complexity index is 711. The van der Waals surface area contributed by atoms with Gasteiger partial charge in [-0.25, -0.2) is 4.39 Å². The number of hydrogen-bond donors (Lipinski definition) is 3. The molecule has 1 amide bonds. The minimum Gasteiger partial charge on any atom is -0.497 e. The number of rotatable bonds is 6. The molecule has 1 aliphatic rings. The lowest BCUT2D eigenvalue weighted by Gasteiger charge is -2.29. The molecule has 0 aromatic heterocycles. The van der Waals surface area contributed by atoms with E-state index in [1.807, 2.05) is 36.4 Å². The molecule has 0 aliphatic carbocycles. The summed E-state index contributed by atoms with van der Waals surface area (Å²) in [6.45, 7) is 5.35. The van der Waals surface area contributed by atoms with E-state index in [1.54, 1.807) is 7.11 Å². The summed E-state index contributed by atoms with van der Waals surface area (Å²) in [4.78, 5) is 15.0. The van der Waals surface area contributed by atoms with E-state index < -0.39 is 0 Å². The van der Waals surface area contributed by atoms with E-state index in [4.69, 9.17) is 4.74 Å². The highest BCUT2D eigenvalue weighted by molar-refractivity contribution is 5.91. The first kappa shape index (κ1) is 18.4. The van der Waals surface area contributed by atoms with Crippen molar-refractivity contribution in [2.75, 3.05) is 45.2 Å². The zero-order chi connectivity index (χ0) is 18.4. The van der Waals surface area contributed by atoms with Crippen LogP contribution < -0.4 is 19.9 Å². The maximum atomic E-state index is 13.0. The predicted octanol–water partition coefficient (Wildman–Crippen LogP) is -0.244. The van der Waals surface area contributed by atoms with E-state index in [0.29, 0.717) is 6.54 Å². The Balaban J connectivity index is 1.41. The van der Waals surface area contributed by atoms with Crippen LogP contribution in [0.5, 0.6) is 5.75 Å². The summed E-state index contributed by atoms with van der Waals surface area (Å²) in [7, 11) is 1.62. The van der Waals surface area contributed by atoms with Gasteiger partial charge in [-0.2, -0.15) is 0 Å². The molecule has 2 aromatic rings. The highest BCUT2D eigenvalue weighted by Gasteiger charge is 2.24.